The number of rotatable bonds is 3. The van der Waals surface area contributed by atoms with Crippen molar-refractivity contribution in [2.24, 2.45) is 0 Å². The number of carbonyl (C=O) groups is 1. The fourth-order valence-corrected chi connectivity index (χ4v) is 1.60. The Bertz CT molecular complexity index is 147. The third kappa shape index (κ3) is 5.11. The molecule has 1 amide bonds. The van der Waals surface area contributed by atoms with Crippen LogP contribution in [0.25, 0.3) is 0 Å². The third-order valence-electron chi connectivity index (χ3n) is 2.41. The molecule has 1 unspecified atom stereocenters. The van der Waals surface area contributed by atoms with Crippen molar-refractivity contribution in [1.82, 2.24) is 10.6 Å². The molecule has 1 aliphatic rings. The summed E-state index contributed by atoms with van der Waals surface area (Å²) in [4.78, 5) is 10.9. The Morgan fingerprint density at radius 1 is 1.54 bits per heavy atom. The van der Waals surface area contributed by atoms with Gasteiger partial charge in [0.2, 0.25) is 5.91 Å². The van der Waals surface area contributed by atoms with Crippen LogP contribution in [0.5, 0.6) is 0 Å². The molecule has 0 aromatic heterocycles. The Hall–Kier alpha value is -0.280. The van der Waals surface area contributed by atoms with E-state index in [1.165, 1.54) is 19.3 Å². The minimum absolute atomic E-state index is 0. The minimum atomic E-state index is 0. The first-order valence-electron chi connectivity index (χ1n) is 4.77. The van der Waals surface area contributed by atoms with E-state index in [4.69, 9.17) is 0 Å². The van der Waals surface area contributed by atoms with Crippen LogP contribution < -0.4 is 10.6 Å². The van der Waals surface area contributed by atoms with Crippen molar-refractivity contribution < 1.29 is 4.79 Å². The molecule has 0 radical (unpaired) electrons. The highest BCUT2D eigenvalue weighted by molar-refractivity contribution is 5.85. The molecular formula is C9H19ClN2O. The van der Waals surface area contributed by atoms with E-state index in [1.54, 1.807) is 7.05 Å². The van der Waals surface area contributed by atoms with Gasteiger partial charge in [0.25, 0.3) is 0 Å². The Morgan fingerprint density at radius 3 is 2.85 bits per heavy atom. The predicted octanol–water partition coefficient (Wildman–Crippen LogP) is 1.08. The molecule has 3 nitrogen and oxygen atoms in total. The summed E-state index contributed by atoms with van der Waals surface area (Å²) in [5, 5.41) is 6.06. The maximum Gasteiger partial charge on any atom is 0.219 e. The third-order valence-corrected chi connectivity index (χ3v) is 2.41. The van der Waals surface area contributed by atoms with E-state index in [0.717, 1.165) is 13.0 Å². The Balaban J connectivity index is 0.00000144. The molecule has 1 rings (SSSR count). The summed E-state index contributed by atoms with van der Waals surface area (Å²) in [5.74, 6) is 0.155. The Labute approximate surface area is 86.1 Å². The number of carbonyl (C=O) groups excluding carboxylic acids is 1. The summed E-state index contributed by atoms with van der Waals surface area (Å²) >= 11 is 0. The van der Waals surface area contributed by atoms with Crippen molar-refractivity contribution in [2.75, 3.05) is 13.6 Å². The lowest BCUT2D eigenvalue weighted by Gasteiger charge is -2.22. The average molecular weight is 207 g/mol. The maximum atomic E-state index is 10.9. The standard InChI is InChI=1S/C9H18N2O.ClH/c1-10-9(12)6-5-8-4-2-3-7-11-8;/h8,11H,2-7H2,1H3,(H,10,12);1H. The van der Waals surface area contributed by atoms with E-state index in [0.29, 0.717) is 12.5 Å². The fraction of sp³-hybridized carbons (Fsp3) is 0.889. The zero-order valence-corrected chi connectivity index (χ0v) is 8.95. The van der Waals surface area contributed by atoms with Gasteiger partial charge >= 0.3 is 0 Å². The van der Waals surface area contributed by atoms with Gasteiger partial charge < -0.3 is 10.6 Å². The number of amides is 1. The first-order valence-corrected chi connectivity index (χ1v) is 4.77. The molecule has 0 spiro atoms. The number of nitrogens with one attached hydrogen (secondary N) is 2. The summed E-state index contributed by atoms with van der Waals surface area (Å²) in [5.41, 5.74) is 0. The number of halogens is 1. The van der Waals surface area contributed by atoms with Crippen LogP contribution in [-0.2, 0) is 4.79 Å². The molecule has 1 saturated heterocycles. The van der Waals surface area contributed by atoms with Gasteiger partial charge in [-0.25, -0.2) is 0 Å². The molecule has 2 N–H and O–H groups in total. The van der Waals surface area contributed by atoms with Gasteiger partial charge in [0, 0.05) is 19.5 Å². The van der Waals surface area contributed by atoms with Crippen molar-refractivity contribution in [2.45, 2.75) is 38.1 Å². The summed E-state index contributed by atoms with van der Waals surface area (Å²) < 4.78 is 0. The number of hydrogen-bond acceptors (Lipinski definition) is 2. The van der Waals surface area contributed by atoms with Crippen molar-refractivity contribution in [1.29, 1.82) is 0 Å². The zero-order chi connectivity index (χ0) is 8.81. The second kappa shape index (κ2) is 7.15. The SMILES string of the molecule is CNC(=O)CCC1CCCCN1.Cl. The molecule has 13 heavy (non-hydrogen) atoms. The molecule has 4 heteroatoms. The summed E-state index contributed by atoms with van der Waals surface area (Å²) in [6.07, 6.45) is 5.48. The van der Waals surface area contributed by atoms with E-state index < -0.39 is 0 Å². The van der Waals surface area contributed by atoms with E-state index >= 15 is 0 Å². The van der Waals surface area contributed by atoms with E-state index in [1.807, 2.05) is 0 Å². The highest BCUT2D eigenvalue weighted by atomic mass is 35.5. The first-order chi connectivity index (χ1) is 5.83. The highest BCUT2D eigenvalue weighted by Crippen LogP contribution is 2.11. The second-order valence-corrected chi connectivity index (χ2v) is 3.36. The van der Waals surface area contributed by atoms with Crippen molar-refractivity contribution >= 4 is 18.3 Å². The minimum Gasteiger partial charge on any atom is -0.359 e. The van der Waals surface area contributed by atoms with Crippen molar-refractivity contribution in [3.8, 4) is 0 Å². The first kappa shape index (κ1) is 12.7. The molecular weight excluding hydrogens is 188 g/mol. The predicted molar refractivity (Wildman–Crippen MR) is 56.2 cm³/mol. The van der Waals surface area contributed by atoms with Gasteiger partial charge in [-0.1, -0.05) is 6.42 Å². The van der Waals surface area contributed by atoms with E-state index in [9.17, 15) is 4.79 Å². The lowest BCUT2D eigenvalue weighted by atomic mass is 10.0. The molecule has 1 atom stereocenters. The number of hydrogen-bond donors (Lipinski definition) is 2. The van der Waals surface area contributed by atoms with Crippen LogP contribution >= 0.6 is 12.4 Å². The lowest BCUT2D eigenvalue weighted by Crippen LogP contribution is -2.35. The van der Waals surface area contributed by atoms with Gasteiger partial charge in [0.15, 0.2) is 0 Å². The molecule has 1 aliphatic heterocycles. The van der Waals surface area contributed by atoms with Crippen LogP contribution in [0.2, 0.25) is 0 Å². The van der Waals surface area contributed by atoms with Crippen molar-refractivity contribution in [3.63, 3.8) is 0 Å². The molecule has 0 bridgehead atoms. The summed E-state index contributed by atoms with van der Waals surface area (Å²) in [6, 6.07) is 0.580. The second-order valence-electron chi connectivity index (χ2n) is 3.36. The van der Waals surface area contributed by atoms with Gasteiger partial charge in [0.05, 0.1) is 0 Å². The van der Waals surface area contributed by atoms with Gasteiger partial charge in [0.1, 0.15) is 0 Å². The quantitative estimate of drug-likeness (QED) is 0.726. The number of piperidine rings is 1. The van der Waals surface area contributed by atoms with Crippen LogP contribution in [0.4, 0.5) is 0 Å². The summed E-state index contributed by atoms with van der Waals surface area (Å²) in [6.45, 7) is 1.12. The van der Waals surface area contributed by atoms with E-state index in [2.05, 4.69) is 10.6 Å². The van der Waals surface area contributed by atoms with Gasteiger partial charge in [-0.3, -0.25) is 4.79 Å². The normalized spacial score (nSPS) is 21.8. The Morgan fingerprint density at radius 2 is 2.31 bits per heavy atom. The van der Waals surface area contributed by atoms with Gasteiger partial charge in [-0.15, -0.1) is 12.4 Å². The largest absolute Gasteiger partial charge is 0.359 e. The van der Waals surface area contributed by atoms with Crippen molar-refractivity contribution in [3.05, 3.63) is 0 Å². The van der Waals surface area contributed by atoms with Crippen LogP contribution in [0.1, 0.15) is 32.1 Å². The van der Waals surface area contributed by atoms with Gasteiger partial charge in [-0.05, 0) is 25.8 Å². The topological polar surface area (TPSA) is 41.1 Å². The molecule has 78 valence electrons. The molecule has 1 heterocycles. The monoisotopic (exact) mass is 206 g/mol. The van der Waals surface area contributed by atoms with E-state index in [-0.39, 0.29) is 18.3 Å². The summed E-state index contributed by atoms with van der Waals surface area (Å²) in [7, 11) is 1.69. The van der Waals surface area contributed by atoms with Crippen LogP contribution in [0.15, 0.2) is 0 Å². The van der Waals surface area contributed by atoms with Gasteiger partial charge in [-0.2, -0.15) is 0 Å². The highest BCUT2D eigenvalue weighted by Gasteiger charge is 2.12. The molecule has 0 aromatic rings. The zero-order valence-electron chi connectivity index (χ0n) is 8.14. The molecule has 0 saturated carbocycles. The maximum absolute atomic E-state index is 10.9. The smallest absolute Gasteiger partial charge is 0.219 e. The van der Waals surface area contributed by atoms with Crippen LogP contribution in [0, 0.1) is 0 Å². The molecule has 1 fully saturated rings. The fourth-order valence-electron chi connectivity index (χ4n) is 1.60. The lowest BCUT2D eigenvalue weighted by molar-refractivity contribution is -0.120. The van der Waals surface area contributed by atoms with Crippen LogP contribution in [0.3, 0.4) is 0 Å². The Kier molecular flexibility index (Phi) is 7.00. The molecule has 0 aliphatic carbocycles. The van der Waals surface area contributed by atoms with Crippen LogP contribution in [-0.4, -0.2) is 25.5 Å². The average Bonchev–Trinajstić information content (AvgIpc) is 2.16. The molecule has 0 aromatic carbocycles.